The molecule has 2 heterocycles. The van der Waals surface area contributed by atoms with Crippen LogP contribution in [0.5, 0.6) is 0 Å². The Hall–Kier alpha value is -1.92. The first-order chi connectivity index (χ1) is 11.5. The van der Waals surface area contributed by atoms with Crippen LogP contribution in [-0.4, -0.2) is 53.0 Å². The number of carbonyl (C=O) groups is 1. The van der Waals surface area contributed by atoms with Crippen molar-refractivity contribution >= 4 is 17.5 Å². The molecule has 0 N–H and O–H groups in total. The largest absolute Gasteiger partial charge is 0.349 e. The van der Waals surface area contributed by atoms with Crippen LogP contribution in [0.4, 0.5) is 0 Å². The fraction of sp³-hybridized carbons (Fsp3) is 0.471. The van der Waals surface area contributed by atoms with Gasteiger partial charge in [0.1, 0.15) is 0 Å². The molecular formula is C17H21ClN4O2. The summed E-state index contributed by atoms with van der Waals surface area (Å²) in [6.07, 6.45) is 1.93. The average Bonchev–Trinajstić information content (AvgIpc) is 3.03. The molecule has 1 aliphatic heterocycles. The second-order valence-electron chi connectivity index (χ2n) is 6.30. The third-order valence-corrected chi connectivity index (χ3v) is 4.57. The molecule has 1 unspecified atom stereocenters. The Labute approximate surface area is 146 Å². The summed E-state index contributed by atoms with van der Waals surface area (Å²) in [4.78, 5) is 20.5. The zero-order chi connectivity index (χ0) is 17.1. The number of likely N-dealkylation sites (tertiary alicyclic amines) is 1. The zero-order valence-electron chi connectivity index (χ0n) is 13.9. The van der Waals surface area contributed by atoms with Crippen molar-refractivity contribution in [1.82, 2.24) is 19.9 Å². The van der Waals surface area contributed by atoms with Crippen LogP contribution in [0.25, 0.3) is 11.4 Å². The van der Waals surface area contributed by atoms with Crippen LogP contribution in [0, 0.1) is 5.92 Å². The van der Waals surface area contributed by atoms with E-state index < -0.39 is 0 Å². The molecule has 1 fully saturated rings. The number of carbonyl (C=O) groups excluding carboxylic acids is 1. The highest BCUT2D eigenvalue weighted by molar-refractivity contribution is 6.33. The van der Waals surface area contributed by atoms with Crippen molar-refractivity contribution in [3.05, 3.63) is 35.2 Å². The lowest BCUT2D eigenvalue weighted by atomic mass is 9.97. The van der Waals surface area contributed by atoms with Gasteiger partial charge in [-0.25, -0.2) is 0 Å². The first kappa shape index (κ1) is 16.9. The number of benzene rings is 1. The molecule has 24 heavy (non-hydrogen) atoms. The van der Waals surface area contributed by atoms with Crippen molar-refractivity contribution in [3.63, 3.8) is 0 Å². The van der Waals surface area contributed by atoms with Crippen molar-refractivity contribution in [2.24, 2.45) is 5.92 Å². The molecular weight excluding hydrogens is 328 g/mol. The van der Waals surface area contributed by atoms with Gasteiger partial charge in [0.15, 0.2) is 0 Å². The van der Waals surface area contributed by atoms with Crippen molar-refractivity contribution in [2.45, 2.75) is 19.4 Å². The van der Waals surface area contributed by atoms with Gasteiger partial charge in [-0.15, -0.1) is 0 Å². The van der Waals surface area contributed by atoms with E-state index in [1.807, 2.05) is 18.2 Å². The van der Waals surface area contributed by atoms with Crippen LogP contribution in [0.2, 0.25) is 5.02 Å². The fourth-order valence-electron chi connectivity index (χ4n) is 3.03. The second-order valence-corrected chi connectivity index (χ2v) is 6.71. The average molecular weight is 349 g/mol. The van der Waals surface area contributed by atoms with E-state index >= 15 is 0 Å². The maximum absolute atomic E-state index is 12.2. The lowest BCUT2D eigenvalue weighted by molar-refractivity contribution is -0.134. The van der Waals surface area contributed by atoms with E-state index in [1.165, 1.54) is 0 Å². The van der Waals surface area contributed by atoms with Gasteiger partial charge < -0.3 is 9.42 Å². The lowest BCUT2D eigenvalue weighted by Crippen LogP contribution is -2.42. The molecule has 0 bridgehead atoms. The van der Waals surface area contributed by atoms with Gasteiger partial charge in [-0.1, -0.05) is 28.9 Å². The van der Waals surface area contributed by atoms with E-state index in [2.05, 4.69) is 15.0 Å². The molecule has 0 spiro atoms. The summed E-state index contributed by atoms with van der Waals surface area (Å²) < 4.78 is 5.36. The second kappa shape index (κ2) is 7.32. The summed E-state index contributed by atoms with van der Waals surface area (Å²) in [6.45, 7) is 2.20. The summed E-state index contributed by atoms with van der Waals surface area (Å²) in [5.74, 6) is 1.26. The molecule has 1 saturated heterocycles. The highest BCUT2D eigenvalue weighted by atomic mass is 35.5. The molecule has 2 aromatic rings. The monoisotopic (exact) mass is 348 g/mol. The van der Waals surface area contributed by atoms with Crippen molar-refractivity contribution < 1.29 is 9.32 Å². The Morgan fingerprint density at radius 1 is 1.42 bits per heavy atom. The smallest absolute Gasteiger partial charge is 0.241 e. The lowest BCUT2D eigenvalue weighted by Gasteiger charge is -2.32. The maximum Gasteiger partial charge on any atom is 0.241 e. The molecule has 6 nitrogen and oxygen atoms in total. The Morgan fingerprint density at radius 3 is 2.96 bits per heavy atom. The van der Waals surface area contributed by atoms with E-state index in [-0.39, 0.29) is 11.8 Å². The Morgan fingerprint density at radius 2 is 2.21 bits per heavy atom. The minimum Gasteiger partial charge on any atom is -0.349 e. The van der Waals surface area contributed by atoms with Crippen LogP contribution in [0.15, 0.2) is 28.8 Å². The molecule has 0 radical (unpaired) electrons. The number of hydrogen-bond acceptors (Lipinski definition) is 5. The van der Waals surface area contributed by atoms with Gasteiger partial charge in [0.25, 0.3) is 0 Å². The number of nitrogens with zero attached hydrogens (tertiary/aromatic N) is 4. The van der Waals surface area contributed by atoms with Crippen LogP contribution in [0.3, 0.4) is 0 Å². The van der Waals surface area contributed by atoms with Crippen molar-refractivity contribution in [2.75, 3.05) is 27.2 Å². The summed E-state index contributed by atoms with van der Waals surface area (Å²) in [5.41, 5.74) is 0.758. The predicted octanol–water partition coefficient (Wildman–Crippen LogP) is 2.69. The highest BCUT2D eigenvalue weighted by Crippen LogP contribution is 2.25. The number of halogens is 1. The van der Waals surface area contributed by atoms with E-state index in [9.17, 15) is 4.79 Å². The molecule has 1 amide bonds. The standard InChI is InChI=1S/C17H21ClN4O2/c1-21(2)17(23)12-6-5-9-22(10-12)11-15-19-16(20-24-15)13-7-3-4-8-14(13)18/h3-4,7-8,12H,5-6,9-11H2,1-2H3. The summed E-state index contributed by atoms with van der Waals surface area (Å²) in [6, 6.07) is 7.42. The molecule has 3 rings (SSSR count). The van der Waals surface area contributed by atoms with Gasteiger partial charge in [-0.3, -0.25) is 9.69 Å². The summed E-state index contributed by atoms with van der Waals surface area (Å²) >= 11 is 6.17. The van der Waals surface area contributed by atoms with Crippen LogP contribution >= 0.6 is 11.6 Å². The molecule has 7 heteroatoms. The molecule has 128 valence electrons. The van der Waals surface area contributed by atoms with Crippen LogP contribution in [-0.2, 0) is 11.3 Å². The molecule has 1 aromatic carbocycles. The van der Waals surface area contributed by atoms with E-state index in [0.29, 0.717) is 23.3 Å². The molecule has 1 atom stereocenters. The third-order valence-electron chi connectivity index (χ3n) is 4.24. The third kappa shape index (κ3) is 3.76. The van der Waals surface area contributed by atoms with Gasteiger partial charge in [0.2, 0.25) is 17.6 Å². The van der Waals surface area contributed by atoms with E-state index in [0.717, 1.165) is 31.5 Å². The van der Waals surface area contributed by atoms with Gasteiger partial charge in [-0.05, 0) is 31.5 Å². The fourth-order valence-corrected chi connectivity index (χ4v) is 3.25. The van der Waals surface area contributed by atoms with Gasteiger partial charge in [0.05, 0.1) is 17.5 Å². The Bertz CT molecular complexity index is 716. The van der Waals surface area contributed by atoms with E-state index in [4.69, 9.17) is 16.1 Å². The zero-order valence-corrected chi connectivity index (χ0v) is 14.7. The molecule has 0 saturated carbocycles. The summed E-state index contributed by atoms with van der Waals surface area (Å²) in [7, 11) is 3.60. The van der Waals surface area contributed by atoms with Gasteiger partial charge in [-0.2, -0.15) is 4.98 Å². The van der Waals surface area contributed by atoms with Gasteiger partial charge >= 0.3 is 0 Å². The Kier molecular flexibility index (Phi) is 5.16. The number of hydrogen-bond donors (Lipinski definition) is 0. The topological polar surface area (TPSA) is 62.5 Å². The highest BCUT2D eigenvalue weighted by Gasteiger charge is 2.27. The quantitative estimate of drug-likeness (QED) is 0.850. The number of rotatable bonds is 4. The SMILES string of the molecule is CN(C)C(=O)C1CCCN(Cc2nc(-c3ccccc3Cl)no2)C1. The predicted molar refractivity (Wildman–Crippen MR) is 91.4 cm³/mol. The van der Waals surface area contributed by atoms with Crippen LogP contribution < -0.4 is 0 Å². The first-order valence-corrected chi connectivity index (χ1v) is 8.43. The normalized spacial score (nSPS) is 18.5. The Balaban J connectivity index is 1.67. The van der Waals surface area contributed by atoms with E-state index in [1.54, 1.807) is 25.1 Å². The van der Waals surface area contributed by atoms with Crippen molar-refractivity contribution in [3.8, 4) is 11.4 Å². The number of amides is 1. The number of aromatic nitrogens is 2. The minimum absolute atomic E-state index is 0.0414. The number of piperidine rings is 1. The van der Waals surface area contributed by atoms with Crippen LogP contribution in [0.1, 0.15) is 18.7 Å². The van der Waals surface area contributed by atoms with Gasteiger partial charge in [0, 0.05) is 26.2 Å². The summed E-state index contributed by atoms with van der Waals surface area (Å²) in [5, 5.41) is 4.62. The van der Waals surface area contributed by atoms with Crippen molar-refractivity contribution in [1.29, 1.82) is 0 Å². The first-order valence-electron chi connectivity index (χ1n) is 8.05. The minimum atomic E-state index is 0.0414. The molecule has 0 aliphatic carbocycles. The maximum atomic E-state index is 12.2. The molecule has 1 aromatic heterocycles. The molecule has 1 aliphatic rings.